The molecule has 0 aliphatic heterocycles. The summed E-state index contributed by atoms with van der Waals surface area (Å²) in [6.45, 7) is 2.11. The molecule has 2 rings (SSSR count). The molecule has 2 amide bonds. The topological polar surface area (TPSA) is 72.2 Å². The molecule has 1 aromatic rings. The van der Waals surface area contributed by atoms with E-state index in [2.05, 4.69) is 12.2 Å². The normalized spacial score (nSPS) is 18.2. The smallest absolute Gasteiger partial charge is 0.261 e. The number of nitrogens with two attached hydrogens (primary N) is 1. The van der Waals surface area contributed by atoms with Gasteiger partial charge in [-0.2, -0.15) is 0 Å². The highest BCUT2D eigenvalue weighted by molar-refractivity contribution is 7.14. The Kier molecular flexibility index (Phi) is 4.01. The number of hydrogen-bond acceptors (Lipinski definition) is 3. The van der Waals surface area contributed by atoms with Crippen LogP contribution < -0.4 is 11.1 Å². The van der Waals surface area contributed by atoms with Crippen molar-refractivity contribution in [2.75, 3.05) is 6.54 Å². The first-order valence-corrected chi connectivity index (χ1v) is 7.10. The van der Waals surface area contributed by atoms with E-state index in [-0.39, 0.29) is 12.5 Å². The highest BCUT2D eigenvalue weighted by Gasteiger charge is 2.21. The Morgan fingerprint density at radius 1 is 1.56 bits per heavy atom. The Morgan fingerprint density at radius 3 is 3.00 bits per heavy atom. The molecule has 1 unspecified atom stereocenters. The standard InChI is InChI=1S/C13H18N2O2S/c1-2-8-3-4-10-9(5-8)6-11(18-10)13(17)15-7-12(14)16/h6,8H,2-5,7H2,1H3,(H2,14,16)(H,15,17). The van der Waals surface area contributed by atoms with E-state index >= 15 is 0 Å². The third kappa shape index (κ3) is 2.90. The van der Waals surface area contributed by atoms with Gasteiger partial charge in [0.15, 0.2) is 0 Å². The zero-order valence-corrected chi connectivity index (χ0v) is 11.3. The number of fused-ring (bicyclic) bond motifs is 1. The van der Waals surface area contributed by atoms with Crippen LogP contribution in [0.3, 0.4) is 0 Å². The average Bonchev–Trinajstić information content (AvgIpc) is 2.78. The summed E-state index contributed by atoms with van der Waals surface area (Å²) in [5.74, 6) is 0.0330. The molecule has 3 N–H and O–H groups in total. The summed E-state index contributed by atoms with van der Waals surface area (Å²) in [6.07, 6.45) is 4.55. The second-order valence-electron chi connectivity index (χ2n) is 4.73. The number of thiophene rings is 1. The third-order valence-corrected chi connectivity index (χ3v) is 4.65. The number of primary amides is 1. The van der Waals surface area contributed by atoms with Crippen molar-refractivity contribution in [2.45, 2.75) is 32.6 Å². The number of aryl methyl sites for hydroxylation is 1. The van der Waals surface area contributed by atoms with Crippen LogP contribution >= 0.6 is 11.3 Å². The van der Waals surface area contributed by atoms with Crippen molar-refractivity contribution in [1.82, 2.24) is 5.32 Å². The van der Waals surface area contributed by atoms with Gasteiger partial charge >= 0.3 is 0 Å². The molecule has 1 aromatic heterocycles. The van der Waals surface area contributed by atoms with Crippen LogP contribution in [0, 0.1) is 5.92 Å². The molecular weight excluding hydrogens is 248 g/mol. The second-order valence-corrected chi connectivity index (χ2v) is 5.86. The first kappa shape index (κ1) is 13.1. The number of nitrogens with one attached hydrogen (secondary N) is 1. The van der Waals surface area contributed by atoms with Crippen LogP contribution in [0.1, 0.15) is 39.9 Å². The number of rotatable bonds is 4. The van der Waals surface area contributed by atoms with Crippen molar-refractivity contribution in [1.29, 1.82) is 0 Å². The molecule has 0 spiro atoms. The lowest BCUT2D eigenvalue weighted by atomic mass is 9.87. The SMILES string of the molecule is CCC1CCc2sc(C(=O)NCC(N)=O)cc2C1. The van der Waals surface area contributed by atoms with Crippen LogP contribution in [-0.4, -0.2) is 18.4 Å². The van der Waals surface area contributed by atoms with Crippen LogP contribution in [0.4, 0.5) is 0 Å². The molecule has 1 aliphatic carbocycles. The highest BCUT2D eigenvalue weighted by atomic mass is 32.1. The Morgan fingerprint density at radius 2 is 2.33 bits per heavy atom. The van der Waals surface area contributed by atoms with Crippen molar-refractivity contribution < 1.29 is 9.59 Å². The van der Waals surface area contributed by atoms with Crippen molar-refractivity contribution in [2.24, 2.45) is 11.7 Å². The van der Waals surface area contributed by atoms with E-state index < -0.39 is 5.91 Å². The minimum Gasteiger partial charge on any atom is -0.368 e. The molecule has 1 heterocycles. The van der Waals surface area contributed by atoms with Crippen LogP contribution in [0.5, 0.6) is 0 Å². The molecule has 0 fully saturated rings. The molecule has 98 valence electrons. The Bertz CT molecular complexity index is 468. The highest BCUT2D eigenvalue weighted by Crippen LogP contribution is 2.33. The second kappa shape index (κ2) is 5.52. The maximum atomic E-state index is 11.8. The van der Waals surface area contributed by atoms with E-state index in [0.717, 1.165) is 18.8 Å². The number of amides is 2. The number of carbonyl (C=O) groups excluding carboxylic acids is 2. The van der Waals surface area contributed by atoms with E-state index in [1.165, 1.54) is 23.3 Å². The van der Waals surface area contributed by atoms with Gasteiger partial charge in [-0.25, -0.2) is 0 Å². The lowest BCUT2D eigenvalue weighted by Crippen LogP contribution is -2.32. The molecule has 0 saturated carbocycles. The maximum absolute atomic E-state index is 11.8. The van der Waals surface area contributed by atoms with Crippen molar-refractivity contribution in [3.63, 3.8) is 0 Å². The Labute approximate surface area is 111 Å². The lowest BCUT2D eigenvalue weighted by molar-refractivity contribution is -0.117. The minimum atomic E-state index is -0.518. The number of hydrogen-bond donors (Lipinski definition) is 2. The fourth-order valence-electron chi connectivity index (χ4n) is 2.31. The molecule has 0 bridgehead atoms. The number of carbonyl (C=O) groups is 2. The molecule has 18 heavy (non-hydrogen) atoms. The average molecular weight is 266 g/mol. The van der Waals surface area contributed by atoms with Crippen molar-refractivity contribution >= 4 is 23.2 Å². The molecule has 1 atom stereocenters. The largest absolute Gasteiger partial charge is 0.368 e. The maximum Gasteiger partial charge on any atom is 0.261 e. The van der Waals surface area contributed by atoms with Gasteiger partial charge in [-0.15, -0.1) is 11.3 Å². The molecule has 1 aliphatic rings. The molecule has 4 nitrogen and oxygen atoms in total. The van der Waals surface area contributed by atoms with E-state index in [1.54, 1.807) is 11.3 Å². The fraction of sp³-hybridized carbons (Fsp3) is 0.538. The summed E-state index contributed by atoms with van der Waals surface area (Å²) in [4.78, 5) is 24.4. The zero-order valence-electron chi connectivity index (χ0n) is 10.5. The van der Waals surface area contributed by atoms with E-state index in [9.17, 15) is 9.59 Å². The minimum absolute atomic E-state index is 0.0982. The third-order valence-electron chi connectivity index (χ3n) is 3.41. The fourth-order valence-corrected chi connectivity index (χ4v) is 3.44. The first-order valence-electron chi connectivity index (χ1n) is 6.28. The van der Waals surface area contributed by atoms with Crippen LogP contribution in [-0.2, 0) is 17.6 Å². The van der Waals surface area contributed by atoms with Gasteiger partial charge in [-0.05, 0) is 36.8 Å². The van der Waals surface area contributed by atoms with Gasteiger partial charge in [-0.3, -0.25) is 9.59 Å². The molecule has 5 heteroatoms. The van der Waals surface area contributed by atoms with Gasteiger partial charge < -0.3 is 11.1 Å². The van der Waals surface area contributed by atoms with Gasteiger partial charge in [0.1, 0.15) is 0 Å². The first-order chi connectivity index (χ1) is 8.60. The summed E-state index contributed by atoms with van der Waals surface area (Å²) < 4.78 is 0. The summed E-state index contributed by atoms with van der Waals surface area (Å²) in [5.41, 5.74) is 6.31. The van der Waals surface area contributed by atoms with Gasteiger partial charge in [0.2, 0.25) is 5.91 Å². The van der Waals surface area contributed by atoms with E-state index in [1.807, 2.05) is 6.07 Å². The Balaban J connectivity index is 2.05. The molecule has 0 radical (unpaired) electrons. The molecular formula is C13H18N2O2S. The zero-order chi connectivity index (χ0) is 13.1. The molecule has 0 aromatic carbocycles. The summed E-state index contributed by atoms with van der Waals surface area (Å²) in [7, 11) is 0. The van der Waals surface area contributed by atoms with Gasteiger partial charge in [0.25, 0.3) is 5.91 Å². The predicted molar refractivity (Wildman–Crippen MR) is 71.7 cm³/mol. The van der Waals surface area contributed by atoms with Crippen molar-refractivity contribution in [3.05, 3.63) is 21.4 Å². The Hall–Kier alpha value is -1.36. The van der Waals surface area contributed by atoms with Crippen LogP contribution in [0.2, 0.25) is 0 Å². The summed E-state index contributed by atoms with van der Waals surface area (Å²) in [6, 6.07) is 1.97. The van der Waals surface area contributed by atoms with Crippen LogP contribution in [0.15, 0.2) is 6.07 Å². The summed E-state index contributed by atoms with van der Waals surface area (Å²) in [5, 5.41) is 2.53. The molecule has 0 saturated heterocycles. The van der Waals surface area contributed by atoms with Crippen LogP contribution in [0.25, 0.3) is 0 Å². The van der Waals surface area contributed by atoms with Gasteiger partial charge in [0.05, 0.1) is 11.4 Å². The quantitative estimate of drug-likeness (QED) is 0.866. The van der Waals surface area contributed by atoms with Gasteiger partial charge in [-0.1, -0.05) is 13.3 Å². The van der Waals surface area contributed by atoms with E-state index in [0.29, 0.717) is 4.88 Å². The van der Waals surface area contributed by atoms with Crippen molar-refractivity contribution in [3.8, 4) is 0 Å². The van der Waals surface area contributed by atoms with E-state index in [4.69, 9.17) is 5.73 Å². The summed E-state index contributed by atoms with van der Waals surface area (Å²) >= 11 is 1.54. The lowest BCUT2D eigenvalue weighted by Gasteiger charge is -2.19. The predicted octanol–water partition coefficient (Wildman–Crippen LogP) is 1.48. The monoisotopic (exact) mass is 266 g/mol. The van der Waals surface area contributed by atoms with Gasteiger partial charge in [0, 0.05) is 4.88 Å².